The fourth-order valence-electron chi connectivity index (χ4n) is 2.63. The van der Waals surface area contributed by atoms with Gasteiger partial charge in [-0.2, -0.15) is 0 Å². The molecule has 0 saturated carbocycles. The molecule has 20 heteroatoms. The van der Waals surface area contributed by atoms with Gasteiger partial charge in [-0.15, -0.1) is 5.12 Å². The molecule has 0 spiro atoms. The van der Waals surface area contributed by atoms with Gasteiger partial charge in [0.1, 0.15) is 0 Å². The Morgan fingerprint density at radius 3 is 1.45 bits per heavy atom. The standard InChI is InChI=1S/C18H24I3N3O12P2/c1-5-33-37(31,34-6-2)17(29)23-24(18(30)38(32,35-7-3)36-8-4)22-14-12(20)9(15(25)26)11(19)10(13(14)21)16(27)28/h22H,5-8H2,1-4H3,(H,23,29)(H,25,26)(H,27,28). The highest BCUT2D eigenvalue weighted by Crippen LogP contribution is 2.52. The maximum absolute atomic E-state index is 13.4. The first kappa shape index (κ1) is 35.4. The number of hydrazine groups is 2. The molecule has 2 amide bonds. The predicted molar refractivity (Wildman–Crippen MR) is 160 cm³/mol. The number of carbonyl (C=O) groups is 4. The Bertz CT molecular complexity index is 1140. The summed E-state index contributed by atoms with van der Waals surface area (Å²) in [5.74, 6) is -2.96. The van der Waals surface area contributed by atoms with Gasteiger partial charge in [0.25, 0.3) is 0 Å². The molecular formula is C18H24I3N3O12P2. The number of hydrogen-bond acceptors (Lipinski definition) is 11. The van der Waals surface area contributed by atoms with E-state index in [2.05, 4.69) is 5.43 Å². The normalized spacial score (nSPS) is 11.7. The Labute approximate surface area is 258 Å². The molecule has 1 aromatic carbocycles. The minimum Gasteiger partial charge on any atom is -0.478 e. The van der Waals surface area contributed by atoms with Crippen LogP contribution in [0.3, 0.4) is 0 Å². The summed E-state index contributed by atoms with van der Waals surface area (Å²) in [6.07, 6.45) is 0. The van der Waals surface area contributed by atoms with E-state index < -0.39 is 49.6 Å². The molecule has 0 saturated heterocycles. The molecule has 0 heterocycles. The molecule has 1 rings (SSSR count). The number of aromatic carboxylic acids is 2. The van der Waals surface area contributed by atoms with E-state index in [-0.39, 0.29) is 47.9 Å². The van der Waals surface area contributed by atoms with Crippen LogP contribution in [0.15, 0.2) is 0 Å². The van der Waals surface area contributed by atoms with Crippen LogP contribution in [0.1, 0.15) is 48.4 Å². The van der Waals surface area contributed by atoms with Crippen molar-refractivity contribution in [1.29, 1.82) is 0 Å². The van der Waals surface area contributed by atoms with Gasteiger partial charge in [-0.05, 0) is 95.5 Å². The topological polar surface area (TPSA) is 207 Å². The number of rotatable bonds is 14. The van der Waals surface area contributed by atoms with Crippen molar-refractivity contribution < 1.29 is 56.6 Å². The zero-order valence-corrected chi connectivity index (χ0v) is 28.5. The van der Waals surface area contributed by atoms with E-state index in [0.29, 0.717) is 0 Å². The molecule has 1 aromatic rings. The summed E-state index contributed by atoms with van der Waals surface area (Å²) in [7, 11) is -9.17. The number of nitrogens with zero attached hydrogens (tertiary/aromatic N) is 1. The van der Waals surface area contributed by atoms with Crippen molar-refractivity contribution in [2.24, 2.45) is 0 Å². The third-order valence-corrected chi connectivity index (χ3v) is 10.9. The summed E-state index contributed by atoms with van der Waals surface area (Å²) in [6.45, 7) is 4.83. The van der Waals surface area contributed by atoms with E-state index in [1.54, 1.807) is 67.8 Å². The third kappa shape index (κ3) is 8.21. The summed E-state index contributed by atoms with van der Waals surface area (Å²) in [5.41, 5.74) is 0.287. The van der Waals surface area contributed by atoms with Gasteiger partial charge in [-0.25, -0.2) is 24.1 Å². The largest absolute Gasteiger partial charge is 0.478 e. The Morgan fingerprint density at radius 1 is 0.737 bits per heavy atom. The van der Waals surface area contributed by atoms with E-state index >= 15 is 0 Å². The smallest absolute Gasteiger partial charge is 0.422 e. The number of halogens is 3. The molecule has 0 aliphatic heterocycles. The van der Waals surface area contributed by atoms with E-state index in [1.165, 1.54) is 27.7 Å². The number of benzene rings is 1. The van der Waals surface area contributed by atoms with Gasteiger partial charge < -0.3 is 28.3 Å². The second-order valence-corrected chi connectivity index (χ2v) is 13.5. The molecule has 38 heavy (non-hydrogen) atoms. The zero-order valence-electron chi connectivity index (χ0n) is 20.3. The predicted octanol–water partition coefficient (Wildman–Crippen LogP) is 5.80. The van der Waals surface area contributed by atoms with Gasteiger partial charge >= 0.3 is 38.4 Å². The Balaban J connectivity index is 3.85. The maximum atomic E-state index is 13.4. The molecular weight excluding hydrogens is 893 g/mol. The van der Waals surface area contributed by atoms with Crippen LogP contribution in [0.5, 0.6) is 0 Å². The minimum absolute atomic E-state index is 0.0681. The quantitative estimate of drug-likeness (QED) is 0.0990. The van der Waals surface area contributed by atoms with E-state index in [1.807, 2.05) is 5.43 Å². The van der Waals surface area contributed by atoms with Crippen LogP contribution in [-0.4, -0.2) is 65.0 Å². The highest BCUT2D eigenvalue weighted by Gasteiger charge is 2.44. The molecule has 0 aromatic heterocycles. The Kier molecular flexibility index (Phi) is 14.4. The first-order valence-electron chi connectivity index (χ1n) is 10.5. The van der Waals surface area contributed by atoms with Gasteiger partial charge in [0.15, 0.2) is 0 Å². The summed E-state index contributed by atoms with van der Waals surface area (Å²) < 4.78 is 46.0. The van der Waals surface area contributed by atoms with Crippen molar-refractivity contribution in [3.63, 3.8) is 0 Å². The van der Waals surface area contributed by atoms with E-state index in [4.69, 9.17) is 18.1 Å². The third-order valence-electron chi connectivity index (χ3n) is 4.05. The highest BCUT2D eigenvalue weighted by molar-refractivity contribution is 14.1. The molecule has 0 fully saturated rings. The second-order valence-electron chi connectivity index (χ2n) is 6.49. The van der Waals surface area contributed by atoms with Crippen LogP contribution in [0.25, 0.3) is 0 Å². The Hall–Kier alpha value is -0.610. The van der Waals surface area contributed by atoms with Crippen LogP contribution < -0.4 is 10.9 Å². The van der Waals surface area contributed by atoms with Crippen LogP contribution in [0.4, 0.5) is 15.3 Å². The van der Waals surface area contributed by atoms with Crippen molar-refractivity contribution in [1.82, 2.24) is 10.5 Å². The highest BCUT2D eigenvalue weighted by atomic mass is 127. The average molecular weight is 917 g/mol. The van der Waals surface area contributed by atoms with Crippen molar-refractivity contribution in [2.45, 2.75) is 27.7 Å². The van der Waals surface area contributed by atoms with Gasteiger partial charge in [-0.1, -0.05) is 0 Å². The zero-order chi connectivity index (χ0) is 29.4. The van der Waals surface area contributed by atoms with E-state index in [9.17, 15) is 38.5 Å². The summed E-state index contributed by atoms with van der Waals surface area (Å²) in [4.78, 5) is 50.2. The van der Waals surface area contributed by atoms with E-state index in [0.717, 1.165) is 0 Å². The number of nitrogens with one attached hydrogen (secondary N) is 2. The number of amides is 2. The molecule has 4 N–H and O–H groups in total. The lowest BCUT2D eigenvalue weighted by molar-refractivity contribution is 0.0693. The van der Waals surface area contributed by atoms with Crippen molar-refractivity contribution in [3.8, 4) is 0 Å². The minimum atomic E-state index is -4.64. The first-order chi connectivity index (χ1) is 17.6. The number of anilines is 1. The van der Waals surface area contributed by atoms with Gasteiger partial charge in [0.2, 0.25) is 0 Å². The lowest BCUT2D eigenvalue weighted by Crippen LogP contribution is -2.49. The average Bonchev–Trinajstić information content (AvgIpc) is 2.80. The molecule has 0 aliphatic carbocycles. The molecule has 15 nitrogen and oxygen atoms in total. The molecule has 0 unspecified atom stereocenters. The number of carboxylic acids is 2. The number of carbonyl (C=O) groups excluding carboxylic acids is 2. The van der Waals surface area contributed by atoms with Gasteiger partial charge in [0.05, 0.1) is 50.4 Å². The van der Waals surface area contributed by atoms with Gasteiger partial charge in [0, 0.05) is 3.57 Å². The van der Waals surface area contributed by atoms with Crippen LogP contribution in [0, 0.1) is 10.7 Å². The number of carboxylic acid groups (broad SMARTS) is 2. The van der Waals surface area contributed by atoms with Crippen LogP contribution >= 0.6 is 83.0 Å². The summed E-state index contributed by atoms with van der Waals surface area (Å²) in [5, 5.41) is 19.6. The van der Waals surface area contributed by atoms with Crippen molar-refractivity contribution >= 4 is 112 Å². The molecule has 214 valence electrons. The first-order valence-corrected chi connectivity index (χ1v) is 16.8. The van der Waals surface area contributed by atoms with Crippen molar-refractivity contribution in [2.75, 3.05) is 31.9 Å². The fourth-order valence-corrected chi connectivity index (χ4v) is 9.50. The second kappa shape index (κ2) is 15.4. The maximum Gasteiger partial charge on any atom is 0.422 e. The lowest BCUT2D eigenvalue weighted by Gasteiger charge is -2.29. The van der Waals surface area contributed by atoms with Crippen LogP contribution in [0.2, 0.25) is 0 Å². The Morgan fingerprint density at radius 2 is 1.11 bits per heavy atom. The monoisotopic (exact) mass is 917 g/mol. The SMILES string of the molecule is CCOP(=O)(OCC)C(=O)NN(Nc1c(I)c(C(=O)O)c(I)c(C(=O)O)c1I)C(=O)P(=O)(OCC)OCC. The van der Waals surface area contributed by atoms with Crippen molar-refractivity contribution in [3.05, 3.63) is 21.8 Å². The summed E-state index contributed by atoms with van der Waals surface area (Å²) >= 11 is 4.77. The molecule has 0 atom stereocenters. The molecule has 0 bridgehead atoms. The molecule has 0 radical (unpaired) electrons. The van der Waals surface area contributed by atoms with Gasteiger partial charge in [-0.3, -0.25) is 15.0 Å². The lowest BCUT2D eigenvalue weighted by atomic mass is 10.1. The summed E-state index contributed by atoms with van der Waals surface area (Å²) in [6, 6.07) is 0. The fraction of sp³-hybridized carbons (Fsp3) is 0.444. The van der Waals surface area contributed by atoms with Crippen LogP contribution in [-0.2, 0) is 27.2 Å². The molecule has 0 aliphatic rings. The number of hydrogen-bond donors (Lipinski definition) is 4.